The molecule has 0 unspecified atom stereocenters. The second-order valence-electron chi connectivity index (χ2n) is 15.8. The molecule has 0 radical (unpaired) electrons. The van der Waals surface area contributed by atoms with Gasteiger partial charge in [0, 0.05) is 27.9 Å². The molecule has 0 heterocycles. The van der Waals surface area contributed by atoms with Crippen molar-refractivity contribution in [3.05, 3.63) is 185 Å². The maximum atomic E-state index is 2.47. The first-order chi connectivity index (χ1) is 25.7. The summed E-state index contributed by atoms with van der Waals surface area (Å²) in [6.07, 6.45) is 2.17. The summed E-state index contributed by atoms with van der Waals surface area (Å²) in [6, 6.07) is 57.0. The number of hydrogen-bond acceptors (Lipinski definition) is 1. The van der Waals surface area contributed by atoms with E-state index in [2.05, 4.69) is 198 Å². The topological polar surface area (TPSA) is 3.24 Å². The van der Waals surface area contributed by atoms with Crippen molar-refractivity contribution in [2.45, 2.75) is 65.2 Å². The highest BCUT2D eigenvalue weighted by atomic mass is 15.1. The Bertz CT molecular complexity index is 2510. The van der Waals surface area contributed by atoms with Gasteiger partial charge in [-0.25, -0.2) is 0 Å². The van der Waals surface area contributed by atoms with E-state index in [1.807, 2.05) is 0 Å². The Labute approximate surface area is 315 Å². The highest BCUT2D eigenvalue weighted by Crippen LogP contribution is 2.56. The first-order valence-corrected chi connectivity index (χ1v) is 19.3. The van der Waals surface area contributed by atoms with Crippen LogP contribution in [0.5, 0.6) is 0 Å². The molecular formula is C52H47N. The van der Waals surface area contributed by atoms with Crippen molar-refractivity contribution in [3.63, 3.8) is 0 Å². The molecule has 0 N–H and O–H groups in total. The molecule has 2 aliphatic carbocycles. The molecule has 7 aromatic carbocycles. The van der Waals surface area contributed by atoms with Gasteiger partial charge in [0.2, 0.25) is 0 Å². The molecule has 0 spiro atoms. The van der Waals surface area contributed by atoms with Crippen molar-refractivity contribution < 1.29 is 0 Å². The number of anilines is 3. The fourth-order valence-electron chi connectivity index (χ4n) is 9.64. The van der Waals surface area contributed by atoms with E-state index in [0.29, 0.717) is 0 Å². The SMILES string of the molecule is CCC1(CC)c2cc(C)ccc2-c2c(-c3cccc(N(c4ccc(-c5ccccc5)cc4)c4ccc5c(c4)C(C)(C)c4ccccc4-5)c3)cc(C)cc21. The zero-order valence-electron chi connectivity index (χ0n) is 31.8. The van der Waals surface area contributed by atoms with E-state index < -0.39 is 0 Å². The molecule has 7 aromatic rings. The minimum Gasteiger partial charge on any atom is -0.310 e. The minimum atomic E-state index is -0.0917. The molecule has 0 aliphatic heterocycles. The molecule has 53 heavy (non-hydrogen) atoms. The predicted molar refractivity (Wildman–Crippen MR) is 226 cm³/mol. The molecule has 1 nitrogen and oxygen atoms in total. The molecule has 0 amide bonds. The van der Waals surface area contributed by atoms with Crippen molar-refractivity contribution in [2.75, 3.05) is 4.90 Å². The molecule has 0 saturated heterocycles. The van der Waals surface area contributed by atoms with Gasteiger partial charge in [-0.1, -0.05) is 154 Å². The fraction of sp³-hybridized carbons (Fsp3) is 0.192. The zero-order valence-corrected chi connectivity index (χ0v) is 31.8. The molecule has 9 rings (SSSR count). The smallest absolute Gasteiger partial charge is 0.0467 e. The van der Waals surface area contributed by atoms with Gasteiger partial charge in [0.15, 0.2) is 0 Å². The van der Waals surface area contributed by atoms with Crippen LogP contribution in [0.4, 0.5) is 17.1 Å². The Balaban J connectivity index is 1.23. The largest absolute Gasteiger partial charge is 0.310 e. The maximum absolute atomic E-state index is 2.47. The van der Waals surface area contributed by atoms with E-state index in [9.17, 15) is 0 Å². The van der Waals surface area contributed by atoms with E-state index >= 15 is 0 Å². The first kappa shape index (κ1) is 33.2. The van der Waals surface area contributed by atoms with Crippen LogP contribution in [0.25, 0.3) is 44.5 Å². The average molecular weight is 686 g/mol. The third kappa shape index (κ3) is 5.12. The summed E-state index contributed by atoms with van der Waals surface area (Å²) in [7, 11) is 0. The lowest BCUT2D eigenvalue weighted by Gasteiger charge is -2.30. The lowest BCUT2D eigenvalue weighted by Crippen LogP contribution is -2.23. The van der Waals surface area contributed by atoms with Gasteiger partial charge in [0.1, 0.15) is 0 Å². The summed E-state index contributed by atoms with van der Waals surface area (Å²) in [5, 5.41) is 0. The predicted octanol–water partition coefficient (Wildman–Crippen LogP) is 14.5. The van der Waals surface area contributed by atoms with Crippen molar-refractivity contribution in [2.24, 2.45) is 0 Å². The third-order valence-corrected chi connectivity index (χ3v) is 12.4. The summed E-state index contributed by atoms with van der Waals surface area (Å²) >= 11 is 0. The second-order valence-corrected chi connectivity index (χ2v) is 15.8. The Morgan fingerprint density at radius 3 is 1.81 bits per heavy atom. The number of benzene rings is 7. The normalized spacial score (nSPS) is 14.3. The number of aryl methyl sites for hydroxylation is 2. The summed E-state index contributed by atoms with van der Waals surface area (Å²) < 4.78 is 0. The number of fused-ring (bicyclic) bond motifs is 6. The zero-order chi connectivity index (χ0) is 36.5. The van der Waals surface area contributed by atoms with Crippen LogP contribution < -0.4 is 4.90 Å². The lowest BCUT2D eigenvalue weighted by atomic mass is 9.73. The molecule has 2 aliphatic rings. The number of rotatable bonds is 7. The Hall–Kier alpha value is -5.66. The molecule has 260 valence electrons. The third-order valence-electron chi connectivity index (χ3n) is 12.4. The Morgan fingerprint density at radius 1 is 0.415 bits per heavy atom. The van der Waals surface area contributed by atoms with Crippen LogP contribution in [0.2, 0.25) is 0 Å². The van der Waals surface area contributed by atoms with Gasteiger partial charge in [-0.15, -0.1) is 0 Å². The van der Waals surface area contributed by atoms with Crippen LogP contribution in [0, 0.1) is 13.8 Å². The average Bonchev–Trinajstić information content (AvgIpc) is 3.59. The van der Waals surface area contributed by atoms with Crippen LogP contribution in [0.1, 0.15) is 73.9 Å². The van der Waals surface area contributed by atoms with Crippen LogP contribution in [-0.2, 0) is 10.8 Å². The monoisotopic (exact) mass is 685 g/mol. The Kier molecular flexibility index (Phi) is 7.82. The van der Waals surface area contributed by atoms with Crippen molar-refractivity contribution in [3.8, 4) is 44.5 Å². The summed E-state index contributed by atoms with van der Waals surface area (Å²) in [5.74, 6) is 0. The van der Waals surface area contributed by atoms with Crippen LogP contribution in [-0.4, -0.2) is 0 Å². The second kappa shape index (κ2) is 12.5. The molecular weight excluding hydrogens is 639 g/mol. The lowest BCUT2D eigenvalue weighted by molar-refractivity contribution is 0.490. The standard InChI is InChI=1S/C52H47N/c1-7-52(8-2)48-30-34(3)21-27-44(48)50-45(29-35(4)31-49(50)52)38-17-14-18-40(32-38)53(39-24-22-37(23-25-39)36-15-10-9-11-16-36)41-26-28-43-42-19-12-13-20-46(42)51(5,6)47(43)33-41/h9-33H,7-8H2,1-6H3. The van der Waals surface area contributed by atoms with Crippen LogP contribution in [0.3, 0.4) is 0 Å². The minimum absolute atomic E-state index is 0.0242. The quantitative estimate of drug-likeness (QED) is 0.161. The number of hydrogen-bond donors (Lipinski definition) is 0. The summed E-state index contributed by atoms with van der Waals surface area (Å²) in [4.78, 5) is 2.45. The van der Waals surface area contributed by atoms with Gasteiger partial charge in [0.05, 0.1) is 0 Å². The molecule has 0 atom stereocenters. The van der Waals surface area contributed by atoms with Gasteiger partial charge in [-0.05, 0) is 130 Å². The van der Waals surface area contributed by atoms with Crippen molar-refractivity contribution in [1.82, 2.24) is 0 Å². The molecule has 0 aromatic heterocycles. The van der Waals surface area contributed by atoms with E-state index in [0.717, 1.165) is 24.2 Å². The molecule has 1 heteroatoms. The van der Waals surface area contributed by atoms with Gasteiger partial charge in [-0.2, -0.15) is 0 Å². The van der Waals surface area contributed by atoms with E-state index in [1.54, 1.807) is 0 Å². The van der Waals surface area contributed by atoms with Gasteiger partial charge in [0.25, 0.3) is 0 Å². The van der Waals surface area contributed by atoms with Crippen LogP contribution >= 0.6 is 0 Å². The highest BCUT2D eigenvalue weighted by molar-refractivity contribution is 5.95. The van der Waals surface area contributed by atoms with Crippen molar-refractivity contribution in [1.29, 1.82) is 0 Å². The number of nitrogens with zero attached hydrogens (tertiary/aromatic N) is 1. The van der Waals surface area contributed by atoms with E-state index in [1.165, 1.54) is 83.6 Å². The molecule has 0 bridgehead atoms. The Morgan fingerprint density at radius 2 is 1.04 bits per heavy atom. The van der Waals surface area contributed by atoms with Gasteiger partial charge < -0.3 is 4.90 Å². The fourth-order valence-corrected chi connectivity index (χ4v) is 9.64. The highest BCUT2D eigenvalue weighted by Gasteiger charge is 2.42. The summed E-state index contributed by atoms with van der Waals surface area (Å²) in [5.41, 5.74) is 22.3. The van der Waals surface area contributed by atoms with E-state index in [4.69, 9.17) is 0 Å². The first-order valence-electron chi connectivity index (χ1n) is 19.3. The van der Waals surface area contributed by atoms with Gasteiger partial charge in [-0.3, -0.25) is 0 Å². The van der Waals surface area contributed by atoms with Crippen LogP contribution in [0.15, 0.2) is 152 Å². The van der Waals surface area contributed by atoms with Gasteiger partial charge >= 0.3 is 0 Å². The summed E-state index contributed by atoms with van der Waals surface area (Å²) in [6.45, 7) is 14.0. The van der Waals surface area contributed by atoms with E-state index in [-0.39, 0.29) is 10.8 Å². The maximum Gasteiger partial charge on any atom is 0.0467 e. The molecule has 0 fully saturated rings. The molecule has 0 saturated carbocycles. The van der Waals surface area contributed by atoms with Crippen molar-refractivity contribution >= 4 is 17.1 Å².